The minimum atomic E-state index is -1.58. The second-order valence-corrected chi connectivity index (χ2v) is 7.53. The summed E-state index contributed by atoms with van der Waals surface area (Å²) in [4.78, 5) is 51.8. The molecular weight excluding hydrogens is 383 g/mol. The number of anilines is 1. The molecule has 3 heterocycles. The zero-order valence-corrected chi connectivity index (χ0v) is 15.7. The maximum Gasteiger partial charge on any atom is 0.250 e. The molecular formula is C19H21FN4O5. The van der Waals surface area contributed by atoms with Crippen molar-refractivity contribution in [1.82, 2.24) is 10.2 Å². The molecule has 0 aliphatic carbocycles. The van der Waals surface area contributed by atoms with E-state index in [1.165, 1.54) is 25.3 Å². The molecule has 154 valence electrons. The molecule has 4 rings (SSSR count). The van der Waals surface area contributed by atoms with E-state index in [0.717, 1.165) is 4.90 Å². The first-order valence-corrected chi connectivity index (χ1v) is 9.33. The Balaban J connectivity index is 1.81. The molecule has 3 aliphatic rings. The van der Waals surface area contributed by atoms with Crippen LogP contribution in [0.3, 0.4) is 0 Å². The summed E-state index contributed by atoms with van der Waals surface area (Å²) in [7, 11) is 1.45. The van der Waals surface area contributed by atoms with E-state index in [4.69, 9.17) is 10.5 Å². The molecule has 0 saturated carbocycles. The summed E-state index contributed by atoms with van der Waals surface area (Å²) < 4.78 is 19.0. The average Bonchev–Trinajstić information content (AvgIpc) is 3.24. The number of hydrogen-bond acceptors (Lipinski definition) is 6. The van der Waals surface area contributed by atoms with Crippen molar-refractivity contribution in [3.8, 4) is 0 Å². The second-order valence-electron chi connectivity index (χ2n) is 7.53. The maximum absolute atomic E-state index is 14.0. The van der Waals surface area contributed by atoms with E-state index in [0.29, 0.717) is 5.69 Å². The summed E-state index contributed by atoms with van der Waals surface area (Å²) in [6, 6.07) is 3.19. The van der Waals surface area contributed by atoms with Gasteiger partial charge in [0.1, 0.15) is 11.4 Å². The van der Waals surface area contributed by atoms with Gasteiger partial charge >= 0.3 is 0 Å². The quantitative estimate of drug-likeness (QED) is 0.546. The van der Waals surface area contributed by atoms with Gasteiger partial charge < -0.3 is 15.8 Å². The minimum absolute atomic E-state index is 0.0197. The molecule has 4 amide bonds. The van der Waals surface area contributed by atoms with Gasteiger partial charge in [-0.3, -0.25) is 29.4 Å². The van der Waals surface area contributed by atoms with Gasteiger partial charge in [0, 0.05) is 30.8 Å². The van der Waals surface area contributed by atoms with Gasteiger partial charge in [-0.25, -0.2) is 4.39 Å². The first-order chi connectivity index (χ1) is 13.8. The van der Waals surface area contributed by atoms with Crippen LogP contribution in [0.1, 0.15) is 18.4 Å². The Labute approximate surface area is 165 Å². The number of primary amides is 1. The fourth-order valence-corrected chi connectivity index (χ4v) is 4.78. The van der Waals surface area contributed by atoms with E-state index in [1.54, 1.807) is 0 Å². The van der Waals surface area contributed by atoms with E-state index >= 15 is 0 Å². The van der Waals surface area contributed by atoms with Crippen LogP contribution >= 0.6 is 0 Å². The molecule has 1 spiro atoms. The lowest BCUT2D eigenvalue weighted by molar-refractivity contribution is -0.143. The minimum Gasteiger partial charge on any atom is -0.383 e. The number of likely N-dealkylation sites (tertiary alicyclic amines) is 1. The van der Waals surface area contributed by atoms with Crippen LogP contribution in [-0.4, -0.2) is 54.8 Å². The summed E-state index contributed by atoms with van der Waals surface area (Å²) in [5.74, 6) is -4.51. The molecule has 0 radical (unpaired) electrons. The van der Waals surface area contributed by atoms with E-state index in [9.17, 15) is 23.6 Å². The highest BCUT2D eigenvalue weighted by Crippen LogP contribution is 2.53. The second kappa shape index (κ2) is 6.89. The standard InChI is InChI=1S/C19H21FN4O5/c1-29-7-6-24-16(26)14-12(4-5-13(21)25)23-19(15(14)17(24)27)10-8-9(20)2-3-11(10)22-18(19)28/h2-3,8,12,14-15,23H,4-7H2,1H3,(H2,21,25)(H,22,28)/t12-,14+,15-,19+/m0/s1. The van der Waals surface area contributed by atoms with Crippen molar-refractivity contribution >= 4 is 29.3 Å². The van der Waals surface area contributed by atoms with Gasteiger partial charge in [-0.15, -0.1) is 0 Å². The summed E-state index contributed by atoms with van der Waals surface area (Å²) in [5.41, 5.74) is 4.34. The van der Waals surface area contributed by atoms with Crippen molar-refractivity contribution in [2.75, 3.05) is 25.6 Å². The number of halogens is 1. The highest BCUT2D eigenvalue weighted by atomic mass is 19.1. The van der Waals surface area contributed by atoms with Gasteiger partial charge in [-0.2, -0.15) is 0 Å². The number of rotatable bonds is 6. The molecule has 2 fully saturated rings. The summed E-state index contributed by atoms with van der Waals surface area (Å²) in [6.07, 6.45) is 0.154. The SMILES string of the molecule is COCCN1C(=O)[C@@H]2[C@H](CCC(N)=O)N[C@@]3(C(=O)Nc4ccc(F)cc43)[C@@H]2C1=O. The van der Waals surface area contributed by atoms with Crippen LogP contribution in [-0.2, 0) is 29.5 Å². The van der Waals surface area contributed by atoms with Crippen LogP contribution < -0.4 is 16.4 Å². The zero-order valence-electron chi connectivity index (χ0n) is 15.7. The van der Waals surface area contributed by atoms with Gasteiger partial charge in [0.05, 0.1) is 25.0 Å². The van der Waals surface area contributed by atoms with E-state index in [1.807, 2.05) is 0 Å². The molecule has 1 aromatic rings. The van der Waals surface area contributed by atoms with Crippen molar-refractivity contribution in [3.63, 3.8) is 0 Å². The van der Waals surface area contributed by atoms with Crippen molar-refractivity contribution in [3.05, 3.63) is 29.6 Å². The van der Waals surface area contributed by atoms with Gasteiger partial charge in [-0.1, -0.05) is 0 Å². The zero-order chi connectivity index (χ0) is 20.9. The molecule has 0 unspecified atom stereocenters. The Bertz CT molecular complexity index is 922. The lowest BCUT2D eigenvalue weighted by atomic mass is 9.76. The number of carbonyl (C=O) groups is 4. The molecule has 4 N–H and O–H groups in total. The number of benzene rings is 1. The molecule has 1 aromatic carbocycles. The van der Waals surface area contributed by atoms with Crippen LogP contribution in [0.15, 0.2) is 18.2 Å². The van der Waals surface area contributed by atoms with Crippen molar-refractivity contribution in [1.29, 1.82) is 0 Å². The van der Waals surface area contributed by atoms with E-state index in [2.05, 4.69) is 10.6 Å². The highest BCUT2D eigenvalue weighted by Gasteiger charge is 2.70. The Kier molecular flexibility index (Phi) is 4.62. The van der Waals surface area contributed by atoms with Gasteiger partial charge in [-0.05, 0) is 24.6 Å². The number of carbonyl (C=O) groups excluding carboxylic acids is 4. The lowest BCUT2D eigenvalue weighted by Crippen LogP contribution is -2.53. The molecule has 0 aromatic heterocycles. The predicted molar refractivity (Wildman–Crippen MR) is 97.6 cm³/mol. The van der Waals surface area contributed by atoms with Gasteiger partial charge in [0.2, 0.25) is 23.6 Å². The molecule has 2 saturated heterocycles. The largest absolute Gasteiger partial charge is 0.383 e. The van der Waals surface area contributed by atoms with Crippen LogP contribution in [0, 0.1) is 17.7 Å². The van der Waals surface area contributed by atoms with Crippen molar-refractivity contribution in [2.45, 2.75) is 24.4 Å². The average molecular weight is 404 g/mol. The molecule has 0 bridgehead atoms. The van der Waals surface area contributed by atoms with Gasteiger partial charge in [0.25, 0.3) is 0 Å². The third kappa shape index (κ3) is 2.74. The number of amides is 4. The highest BCUT2D eigenvalue weighted by molar-refractivity contribution is 6.15. The number of ether oxygens (including phenoxy) is 1. The number of nitrogens with one attached hydrogen (secondary N) is 2. The topological polar surface area (TPSA) is 131 Å². The molecule has 4 atom stereocenters. The smallest absolute Gasteiger partial charge is 0.250 e. The fraction of sp³-hybridized carbons (Fsp3) is 0.474. The van der Waals surface area contributed by atoms with Gasteiger partial charge in [0.15, 0.2) is 0 Å². The molecule has 29 heavy (non-hydrogen) atoms. The van der Waals surface area contributed by atoms with Crippen LogP contribution in [0.5, 0.6) is 0 Å². The van der Waals surface area contributed by atoms with Crippen LogP contribution in [0.4, 0.5) is 10.1 Å². The predicted octanol–water partition coefficient (Wildman–Crippen LogP) is -0.542. The summed E-state index contributed by atoms with van der Waals surface area (Å²) in [6.45, 7) is 0.206. The lowest BCUT2D eigenvalue weighted by Gasteiger charge is -2.29. The third-order valence-corrected chi connectivity index (χ3v) is 5.99. The number of nitrogens with two attached hydrogens (primary N) is 1. The van der Waals surface area contributed by atoms with E-state index < -0.39 is 52.9 Å². The molecule has 9 nitrogen and oxygen atoms in total. The Morgan fingerprint density at radius 2 is 2.07 bits per heavy atom. The number of methoxy groups -OCH3 is 1. The summed E-state index contributed by atoms with van der Waals surface area (Å²) in [5, 5.41) is 5.79. The Hall–Kier alpha value is -2.85. The Morgan fingerprint density at radius 1 is 1.31 bits per heavy atom. The number of fused-ring (bicyclic) bond motifs is 4. The summed E-state index contributed by atoms with van der Waals surface area (Å²) >= 11 is 0. The van der Waals surface area contributed by atoms with Crippen LogP contribution in [0.2, 0.25) is 0 Å². The monoisotopic (exact) mass is 404 g/mol. The first kappa shape index (κ1) is 19.5. The third-order valence-electron chi connectivity index (χ3n) is 5.99. The Morgan fingerprint density at radius 3 is 2.76 bits per heavy atom. The number of hydrogen-bond donors (Lipinski definition) is 3. The molecule has 10 heteroatoms. The van der Waals surface area contributed by atoms with Crippen molar-refractivity contribution < 1.29 is 28.3 Å². The fourth-order valence-electron chi connectivity index (χ4n) is 4.78. The molecule has 3 aliphatic heterocycles. The van der Waals surface area contributed by atoms with Crippen molar-refractivity contribution in [2.24, 2.45) is 17.6 Å². The normalized spacial score (nSPS) is 30.1. The maximum atomic E-state index is 14.0. The van der Waals surface area contributed by atoms with Crippen LogP contribution in [0.25, 0.3) is 0 Å². The number of imide groups is 1. The first-order valence-electron chi connectivity index (χ1n) is 9.33. The number of nitrogens with zero attached hydrogens (tertiary/aromatic N) is 1. The van der Waals surface area contributed by atoms with E-state index in [-0.39, 0.29) is 31.6 Å².